The molecule has 2 heteroatoms. The van der Waals surface area contributed by atoms with E-state index < -0.39 is 0 Å². The third kappa shape index (κ3) is 5.40. The first-order valence-electron chi connectivity index (χ1n) is 19.8. The Kier molecular flexibility index (Phi) is 7.55. The van der Waals surface area contributed by atoms with E-state index in [0.29, 0.717) is 0 Å². The molecule has 0 aliphatic heterocycles. The van der Waals surface area contributed by atoms with Gasteiger partial charge in [0.1, 0.15) is 0 Å². The number of fused-ring (bicyclic) bond motifs is 7. The minimum Gasteiger partial charge on any atom is -0.310 e. The Hall–Kier alpha value is -7.16. The van der Waals surface area contributed by atoms with Gasteiger partial charge in [-0.3, -0.25) is 0 Å². The summed E-state index contributed by atoms with van der Waals surface area (Å²) in [5, 5.41) is 5.00. The van der Waals surface area contributed by atoms with Crippen LogP contribution < -0.4 is 4.90 Å². The zero-order valence-electron chi connectivity index (χ0n) is 32.0. The summed E-state index contributed by atoms with van der Waals surface area (Å²) in [6, 6.07) is 75.6. The molecule has 1 heterocycles. The van der Waals surface area contributed by atoms with Crippen LogP contribution in [-0.4, -0.2) is 4.57 Å². The van der Waals surface area contributed by atoms with Gasteiger partial charge in [0.25, 0.3) is 0 Å². The number of para-hydroxylation sites is 2. The molecule has 0 fully saturated rings. The number of rotatable bonds is 6. The van der Waals surface area contributed by atoms with Gasteiger partial charge in [-0.05, 0) is 122 Å². The summed E-state index contributed by atoms with van der Waals surface area (Å²) >= 11 is 0. The van der Waals surface area contributed by atoms with E-state index in [1.54, 1.807) is 0 Å². The summed E-state index contributed by atoms with van der Waals surface area (Å²) in [7, 11) is 0. The second-order valence-electron chi connectivity index (χ2n) is 15.8. The maximum Gasteiger partial charge on any atom is 0.0541 e. The van der Waals surface area contributed by atoms with Gasteiger partial charge >= 0.3 is 0 Å². The molecule has 0 saturated heterocycles. The third-order valence-corrected chi connectivity index (χ3v) is 12.2. The molecular formula is C55H40N2. The second-order valence-corrected chi connectivity index (χ2v) is 15.8. The summed E-state index contributed by atoms with van der Waals surface area (Å²) in [5.41, 5.74) is 17.0. The van der Waals surface area contributed by atoms with Crippen LogP contribution in [0.25, 0.3) is 71.6 Å². The molecule has 1 aliphatic carbocycles. The average Bonchev–Trinajstić information content (AvgIpc) is 3.72. The van der Waals surface area contributed by atoms with Crippen molar-refractivity contribution in [3.63, 3.8) is 0 Å². The molecule has 0 atom stereocenters. The first kappa shape index (κ1) is 33.2. The Morgan fingerprint density at radius 3 is 1.53 bits per heavy atom. The number of aromatic nitrogens is 1. The van der Waals surface area contributed by atoms with E-state index in [2.05, 4.69) is 230 Å². The van der Waals surface area contributed by atoms with Gasteiger partial charge < -0.3 is 9.47 Å². The van der Waals surface area contributed by atoms with E-state index in [1.165, 1.54) is 82.8 Å². The average molecular weight is 729 g/mol. The lowest BCUT2D eigenvalue weighted by Gasteiger charge is -2.28. The highest BCUT2D eigenvalue weighted by Crippen LogP contribution is 2.52. The van der Waals surface area contributed by atoms with E-state index in [1.807, 2.05) is 0 Å². The van der Waals surface area contributed by atoms with Gasteiger partial charge in [-0.15, -0.1) is 0 Å². The highest BCUT2D eigenvalue weighted by atomic mass is 15.1. The largest absolute Gasteiger partial charge is 0.310 e. The van der Waals surface area contributed by atoms with Crippen LogP contribution in [0.2, 0.25) is 0 Å². The quantitative estimate of drug-likeness (QED) is 0.165. The van der Waals surface area contributed by atoms with E-state index in [0.717, 1.165) is 17.1 Å². The first-order valence-corrected chi connectivity index (χ1v) is 19.8. The van der Waals surface area contributed by atoms with Crippen LogP contribution in [0.3, 0.4) is 0 Å². The second kappa shape index (κ2) is 13.0. The fourth-order valence-corrected chi connectivity index (χ4v) is 9.26. The van der Waals surface area contributed by atoms with Gasteiger partial charge in [0, 0.05) is 38.9 Å². The molecule has 0 unspecified atom stereocenters. The smallest absolute Gasteiger partial charge is 0.0541 e. The molecule has 1 aliphatic rings. The molecule has 0 saturated carbocycles. The van der Waals surface area contributed by atoms with E-state index in [4.69, 9.17) is 0 Å². The molecule has 0 amide bonds. The number of hydrogen-bond donors (Lipinski definition) is 0. The standard InChI is InChI=1S/C55H40N2/c1-55(2)51-35-45(29-31-47(51)48-32-30-46(36-52(48)55)57-53-19-11-9-17-49(53)50-18-10-12-20-54(50)57)56(43-26-23-39(24-27-43)37-13-5-3-6-14-37)44-28-25-41-33-40(21-22-42(41)34-44)38-15-7-4-8-16-38/h3-36H,1-2H3. The molecule has 0 radical (unpaired) electrons. The molecule has 57 heavy (non-hydrogen) atoms. The Balaban J connectivity index is 1.03. The maximum atomic E-state index is 2.43. The molecule has 1 aromatic heterocycles. The van der Waals surface area contributed by atoms with Crippen molar-refractivity contribution in [2.45, 2.75) is 19.3 Å². The van der Waals surface area contributed by atoms with Gasteiger partial charge in [-0.2, -0.15) is 0 Å². The highest BCUT2D eigenvalue weighted by molar-refractivity contribution is 6.09. The van der Waals surface area contributed by atoms with E-state index in [-0.39, 0.29) is 5.41 Å². The topological polar surface area (TPSA) is 8.17 Å². The Labute approximate surface area is 333 Å². The zero-order valence-corrected chi connectivity index (χ0v) is 32.0. The normalized spacial score (nSPS) is 12.9. The van der Waals surface area contributed by atoms with Crippen molar-refractivity contribution in [2.24, 2.45) is 0 Å². The predicted molar refractivity (Wildman–Crippen MR) is 241 cm³/mol. The molecule has 9 aromatic carbocycles. The minimum absolute atomic E-state index is 0.213. The van der Waals surface area contributed by atoms with E-state index >= 15 is 0 Å². The summed E-state index contributed by atoms with van der Waals surface area (Å²) in [6.07, 6.45) is 0. The van der Waals surface area contributed by atoms with Crippen LogP contribution >= 0.6 is 0 Å². The maximum absolute atomic E-state index is 2.43. The number of nitrogens with zero attached hydrogens (tertiary/aromatic N) is 2. The molecule has 0 bridgehead atoms. The first-order chi connectivity index (χ1) is 28.0. The molecule has 270 valence electrons. The predicted octanol–water partition coefficient (Wildman–Crippen LogP) is 15.0. The van der Waals surface area contributed by atoms with Gasteiger partial charge in [-0.1, -0.05) is 153 Å². The lowest BCUT2D eigenvalue weighted by molar-refractivity contribution is 0.660. The van der Waals surface area contributed by atoms with Crippen LogP contribution in [-0.2, 0) is 5.41 Å². The van der Waals surface area contributed by atoms with Crippen molar-refractivity contribution in [2.75, 3.05) is 4.90 Å². The van der Waals surface area contributed by atoms with Crippen LogP contribution in [0.4, 0.5) is 17.1 Å². The number of benzene rings is 9. The van der Waals surface area contributed by atoms with Crippen LogP contribution in [0.5, 0.6) is 0 Å². The number of anilines is 3. The SMILES string of the molecule is CC1(C)c2cc(N(c3ccc(-c4ccccc4)cc3)c3ccc4cc(-c5ccccc5)ccc4c3)ccc2-c2ccc(-n3c4ccccc4c4ccccc43)cc21. The Morgan fingerprint density at radius 1 is 0.368 bits per heavy atom. The van der Waals surface area contributed by atoms with Crippen molar-refractivity contribution < 1.29 is 0 Å². The Morgan fingerprint density at radius 2 is 0.842 bits per heavy atom. The monoisotopic (exact) mass is 728 g/mol. The third-order valence-electron chi connectivity index (χ3n) is 12.2. The fraction of sp³-hybridized carbons (Fsp3) is 0.0545. The Bertz CT molecular complexity index is 3080. The molecule has 11 rings (SSSR count). The van der Waals surface area contributed by atoms with Gasteiger partial charge in [0.2, 0.25) is 0 Å². The summed E-state index contributed by atoms with van der Waals surface area (Å²) in [6.45, 7) is 4.77. The lowest BCUT2D eigenvalue weighted by Crippen LogP contribution is -2.17. The molecule has 10 aromatic rings. The van der Waals surface area contributed by atoms with Crippen molar-refractivity contribution in [3.8, 4) is 39.1 Å². The van der Waals surface area contributed by atoms with Gasteiger partial charge in [0.15, 0.2) is 0 Å². The molecule has 0 spiro atoms. The summed E-state index contributed by atoms with van der Waals surface area (Å²) < 4.78 is 2.43. The fourth-order valence-electron chi connectivity index (χ4n) is 9.26. The van der Waals surface area contributed by atoms with E-state index in [9.17, 15) is 0 Å². The minimum atomic E-state index is -0.213. The summed E-state index contributed by atoms with van der Waals surface area (Å²) in [5.74, 6) is 0. The van der Waals surface area contributed by atoms with Crippen LogP contribution in [0.15, 0.2) is 206 Å². The van der Waals surface area contributed by atoms with Crippen molar-refractivity contribution in [1.82, 2.24) is 4.57 Å². The highest BCUT2D eigenvalue weighted by Gasteiger charge is 2.36. The van der Waals surface area contributed by atoms with Crippen molar-refractivity contribution in [3.05, 3.63) is 217 Å². The van der Waals surface area contributed by atoms with Crippen LogP contribution in [0, 0.1) is 0 Å². The molecular weight excluding hydrogens is 689 g/mol. The summed E-state index contributed by atoms with van der Waals surface area (Å²) in [4.78, 5) is 2.42. The van der Waals surface area contributed by atoms with Gasteiger partial charge in [-0.25, -0.2) is 0 Å². The number of hydrogen-bond acceptors (Lipinski definition) is 1. The van der Waals surface area contributed by atoms with Crippen molar-refractivity contribution in [1.29, 1.82) is 0 Å². The van der Waals surface area contributed by atoms with Crippen molar-refractivity contribution >= 4 is 49.6 Å². The van der Waals surface area contributed by atoms with Gasteiger partial charge in [0.05, 0.1) is 11.0 Å². The zero-order chi connectivity index (χ0) is 38.1. The van der Waals surface area contributed by atoms with Crippen LogP contribution in [0.1, 0.15) is 25.0 Å². The molecule has 0 N–H and O–H groups in total. The molecule has 2 nitrogen and oxygen atoms in total. The lowest BCUT2D eigenvalue weighted by atomic mass is 9.82.